The van der Waals surface area contributed by atoms with Gasteiger partial charge in [-0.25, -0.2) is 5.43 Å². The van der Waals surface area contributed by atoms with E-state index in [1.165, 1.54) is 19.3 Å². The highest BCUT2D eigenvalue weighted by molar-refractivity contribution is 5.92. The molecule has 0 aromatic heterocycles. The number of hydrogen-bond acceptors (Lipinski definition) is 4. The molecule has 0 bridgehead atoms. The molecule has 0 aromatic rings. The Morgan fingerprint density at radius 1 is 1.27 bits per heavy atom. The maximum atomic E-state index is 12.2. The third kappa shape index (κ3) is 3.51. The van der Waals surface area contributed by atoms with E-state index in [0.29, 0.717) is 0 Å². The zero-order valence-corrected chi connectivity index (χ0v) is 13.9. The fraction of sp³-hybridized carbons (Fsp3) is 0.882. The summed E-state index contributed by atoms with van der Waals surface area (Å²) in [4.78, 5) is 14.6. The van der Waals surface area contributed by atoms with E-state index in [-0.39, 0.29) is 23.5 Å². The molecular weight excluding hydrogens is 278 g/mol. The van der Waals surface area contributed by atoms with Gasteiger partial charge in [-0.2, -0.15) is 5.10 Å². The van der Waals surface area contributed by atoms with Crippen LogP contribution >= 0.6 is 0 Å². The van der Waals surface area contributed by atoms with E-state index in [1.54, 1.807) is 0 Å². The van der Waals surface area contributed by atoms with Gasteiger partial charge in [0.25, 0.3) is 0 Å². The largest absolute Gasteiger partial charge is 0.366 e. The molecule has 3 fully saturated rings. The van der Waals surface area contributed by atoms with Gasteiger partial charge in [-0.1, -0.05) is 19.3 Å². The molecule has 2 saturated heterocycles. The number of ether oxygens (including phenoxy) is 1. The summed E-state index contributed by atoms with van der Waals surface area (Å²) < 4.78 is 6.22. The molecule has 1 saturated carbocycles. The Bertz CT molecular complexity index is 435. The van der Waals surface area contributed by atoms with Crippen molar-refractivity contribution >= 4 is 11.6 Å². The second-order valence-corrected chi connectivity index (χ2v) is 7.34. The van der Waals surface area contributed by atoms with Crippen molar-refractivity contribution < 1.29 is 9.53 Å². The summed E-state index contributed by atoms with van der Waals surface area (Å²) in [6.45, 7) is 4.21. The van der Waals surface area contributed by atoms with Gasteiger partial charge in [-0.05, 0) is 39.7 Å². The van der Waals surface area contributed by atoms with Crippen molar-refractivity contribution in [1.29, 1.82) is 0 Å². The molecule has 2 aliphatic heterocycles. The Labute approximate surface area is 133 Å². The number of amides is 1. The van der Waals surface area contributed by atoms with Crippen molar-refractivity contribution in [2.75, 3.05) is 20.1 Å². The molecule has 1 unspecified atom stereocenters. The zero-order chi connectivity index (χ0) is 15.6. The normalized spacial score (nSPS) is 31.7. The molecule has 3 rings (SSSR count). The lowest BCUT2D eigenvalue weighted by molar-refractivity contribution is -0.125. The van der Waals surface area contributed by atoms with Crippen molar-refractivity contribution in [3.8, 4) is 0 Å². The molecule has 1 spiro atoms. The van der Waals surface area contributed by atoms with Crippen LogP contribution in [0.3, 0.4) is 0 Å². The van der Waals surface area contributed by atoms with Crippen molar-refractivity contribution in [2.45, 2.75) is 70.0 Å². The molecule has 5 nitrogen and oxygen atoms in total. The van der Waals surface area contributed by atoms with Crippen LogP contribution in [0.4, 0.5) is 0 Å². The highest BCUT2D eigenvalue weighted by atomic mass is 16.5. The van der Waals surface area contributed by atoms with E-state index >= 15 is 0 Å². The van der Waals surface area contributed by atoms with Gasteiger partial charge in [-0.15, -0.1) is 0 Å². The number of hydrogen-bond donors (Lipinski definition) is 1. The molecule has 3 aliphatic rings. The Morgan fingerprint density at radius 2 is 1.95 bits per heavy atom. The number of carbonyl (C=O) groups excluding carboxylic acids is 1. The summed E-state index contributed by atoms with van der Waals surface area (Å²) >= 11 is 0. The van der Waals surface area contributed by atoms with E-state index < -0.39 is 0 Å². The fourth-order valence-corrected chi connectivity index (χ4v) is 3.99. The summed E-state index contributed by atoms with van der Waals surface area (Å²) in [6.07, 6.45) is 8.64. The number of likely N-dealkylation sites (tertiary alicyclic amines) is 1. The van der Waals surface area contributed by atoms with Crippen LogP contribution < -0.4 is 5.43 Å². The highest BCUT2D eigenvalue weighted by Gasteiger charge is 2.44. The molecule has 1 N–H and O–H groups in total. The van der Waals surface area contributed by atoms with E-state index in [9.17, 15) is 4.79 Å². The first kappa shape index (κ1) is 15.9. The lowest BCUT2D eigenvalue weighted by Gasteiger charge is -2.36. The zero-order valence-electron chi connectivity index (χ0n) is 13.9. The minimum absolute atomic E-state index is 0.0232. The van der Waals surface area contributed by atoms with Crippen molar-refractivity contribution in [3.05, 3.63) is 0 Å². The predicted octanol–water partition coefficient (Wildman–Crippen LogP) is 2.31. The van der Waals surface area contributed by atoms with Crippen molar-refractivity contribution in [2.24, 2.45) is 11.0 Å². The first-order valence-corrected chi connectivity index (χ1v) is 8.81. The number of nitrogens with zero attached hydrogens (tertiary/aromatic N) is 2. The van der Waals surface area contributed by atoms with Gasteiger partial charge in [-0.3, -0.25) is 4.79 Å². The van der Waals surface area contributed by atoms with Crippen LogP contribution in [-0.4, -0.2) is 48.4 Å². The van der Waals surface area contributed by atoms with Crippen LogP contribution in [0.2, 0.25) is 0 Å². The maximum absolute atomic E-state index is 12.2. The average Bonchev–Trinajstić information content (AvgIpc) is 2.85. The molecule has 1 atom stereocenters. The average molecular weight is 307 g/mol. The quantitative estimate of drug-likeness (QED) is 0.797. The van der Waals surface area contributed by atoms with E-state index in [1.807, 2.05) is 0 Å². The van der Waals surface area contributed by atoms with Gasteiger partial charge in [0.15, 0.2) is 0 Å². The lowest BCUT2D eigenvalue weighted by atomic mass is 9.88. The minimum Gasteiger partial charge on any atom is -0.366 e. The molecule has 0 radical (unpaired) electrons. The Balaban J connectivity index is 1.56. The van der Waals surface area contributed by atoms with Gasteiger partial charge in [0, 0.05) is 25.4 Å². The first-order chi connectivity index (χ1) is 10.6. The number of rotatable bonds is 2. The SMILES string of the molecule is CC1OC2(CCN(C)CC2)C/C1=N\NC(=O)C1CCCCC1. The van der Waals surface area contributed by atoms with E-state index in [2.05, 4.69) is 29.4 Å². The third-order valence-corrected chi connectivity index (χ3v) is 5.58. The summed E-state index contributed by atoms with van der Waals surface area (Å²) in [5.74, 6) is 0.261. The van der Waals surface area contributed by atoms with Gasteiger partial charge in [0.05, 0.1) is 17.4 Å². The summed E-state index contributed by atoms with van der Waals surface area (Å²) in [5, 5.41) is 4.43. The summed E-state index contributed by atoms with van der Waals surface area (Å²) in [7, 11) is 2.16. The maximum Gasteiger partial charge on any atom is 0.243 e. The summed E-state index contributed by atoms with van der Waals surface area (Å²) in [5.41, 5.74) is 3.78. The van der Waals surface area contributed by atoms with Crippen LogP contribution in [0.25, 0.3) is 0 Å². The number of piperidine rings is 1. The lowest BCUT2D eigenvalue weighted by Crippen LogP contribution is -2.42. The van der Waals surface area contributed by atoms with Gasteiger partial charge < -0.3 is 9.64 Å². The Morgan fingerprint density at radius 3 is 2.64 bits per heavy atom. The van der Waals surface area contributed by atoms with Gasteiger partial charge in [0.1, 0.15) is 0 Å². The van der Waals surface area contributed by atoms with Crippen LogP contribution in [0, 0.1) is 5.92 Å². The molecule has 5 heteroatoms. The molecule has 124 valence electrons. The van der Waals surface area contributed by atoms with E-state index in [0.717, 1.165) is 50.9 Å². The molecule has 22 heavy (non-hydrogen) atoms. The molecule has 2 heterocycles. The molecule has 0 aromatic carbocycles. The number of nitrogens with one attached hydrogen (secondary N) is 1. The molecular formula is C17H29N3O2. The number of carbonyl (C=O) groups is 1. The van der Waals surface area contributed by atoms with Crippen molar-refractivity contribution in [3.63, 3.8) is 0 Å². The van der Waals surface area contributed by atoms with Crippen LogP contribution in [0.1, 0.15) is 58.3 Å². The second-order valence-electron chi connectivity index (χ2n) is 7.34. The monoisotopic (exact) mass is 307 g/mol. The van der Waals surface area contributed by atoms with Gasteiger partial charge >= 0.3 is 0 Å². The van der Waals surface area contributed by atoms with Gasteiger partial charge in [0.2, 0.25) is 5.91 Å². The van der Waals surface area contributed by atoms with Crippen molar-refractivity contribution in [1.82, 2.24) is 10.3 Å². The van der Waals surface area contributed by atoms with Crippen LogP contribution in [0.15, 0.2) is 5.10 Å². The fourth-order valence-electron chi connectivity index (χ4n) is 3.99. The predicted molar refractivity (Wildman–Crippen MR) is 86.8 cm³/mol. The molecule has 1 amide bonds. The van der Waals surface area contributed by atoms with Crippen LogP contribution in [0.5, 0.6) is 0 Å². The summed E-state index contributed by atoms with van der Waals surface area (Å²) in [6, 6.07) is 0. The second kappa shape index (κ2) is 6.67. The standard InChI is InChI=1S/C17H29N3O2/c1-13-15(12-17(22-13)8-10-20(2)11-9-17)18-19-16(21)14-6-4-3-5-7-14/h13-14H,3-12H2,1-2H3,(H,19,21)/b18-15+. The smallest absolute Gasteiger partial charge is 0.243 e. The first-order valence-electron chi connectivity index (χ1n) is 8.81. The number of hydrazone groups is 1. The van der Waals surface area contributed by atoms with Crippen LogP contribution in [-0.2, 0) is 9.53 Å². The molecule has 1 aliphatic carbocycles. The highest BCUT2D eigenvalue weighted by Crippen LogP contribution is 2.37. The Kier molecular flexibility index (Phi) is 4.83. The minimum atomic E-state index is -0.0413. The van der Waals surface area contributed by atoms with E-state index in [4.69, 9.17) is 4.74 Å². The third-order valence-electron chi connectivity index (χ3n) is 5.58. The Hall–Kier alpha value is -0.940. The topological polar surface area (TPSA) is 53.9 Å².